The average Bonchev–Trinajstić information content (AvgIpc) is 3.59. The Morgan fingerprint density at radius 3 is 2.10 bits per heavy atom. The normalized spacial score (nSPS) is 12.9. The number of aromatic nitrogens is 3. The second-order valence-corrected chi connectivity index (χ2v) is 13.0. The minimum Gasteiger partial charge on any atom is -0.309 e. The molecule has 9 rings (SSSR count). The molecule has 6 aromatic carbocycles. The van der Waals surface area contributed by atoms with E-state index in [1.54, 1.807) is 0 Å². The van der Waals surface area contributed by atoms with Crippen LogP contribution in [0.25, 0.3) is 72.5 Å². The van der Waals surface area contributed by atoms with Crippen molar-refractivity contribution in [2.24, 2.45) is 0 Å². The van der Waals surface area contributed by atoms with Crippen molar-refractivity contribution in [1.82, 2.24) is 14.5 Å². The number of para-hydroxylation sites is 1. The van der Waals surface area contributed by atoms with Crippen molar-refractivity contribution in [3.63, 3.8) is 0 Å². The van der Waals surface area contributed by atoms with E-state index in [-0.39, 0.29) is 5.41 Å². The van der Waals surface area contributed by atoms with E-state index in [0.29, 0.717) is 11.4 Å². The van der Waals surface area contributed by atoms with Crippen molar-refractivity contribution in [2.75, 3.05) is 0 Å². The molecule has 0 unspecified atom stereocenters. The monoisotopic (exact) mass is 614 g/mol. The Morgan fingerprint density at radius 2 is 1.25 bits per heavy atom. The van der Waals surface area contributed by atoms with Crippen LogP contribution in [-0.2, 0) is 5.41 Å². The maximum absolute atomic E-state index is 9.59. The Hall–Kier alpha value is -6.31. The zero-order chi connectivity index (χ0) is 32.4. The molecule has 1 aliphatic rings. The van der Waals surface area contributed by atoms with Gasteiger partial charge in [0.2, 0.25) is 0 Å². The third-order valence-corrected chi connectivity index (χ3v) is 9.82. The average molecular weight is 615 g/mol. The van der Waals surface area contributed by atoms with Crippen molar-refractivity contribution >= 4 is 21.8 Å². The van der Waals surface area contributed by atoms with Crippen LogP contribution in [0.2, 0.25) is 0 Å². The van der Waals surface area contributed by atoms with Crippen molar-refractivity contribution in [3.8, 4) is 56.8 Å². The second-order valence-electron chi connectivity index (χ2n) is 13.0. The van der Waals surface area contributed by atoms with E-state index in [2.05, 4.69) is 122 Å². The van der Waals surface area contributed by atoms with E-state index in [0.717, 1.165) is 39.3 Å². The van der Waals surface area contributed by atoms with Crippen molar-refractivity contribution < 1.29 is 0 Å². The highest BCUT2D eigenvalue weighted by atomic mass is 15.0. The first-order valence-corrected chi connectivity index (χ1v) is 16.2. The lowest BCUT2D eigenvalue weighted by Gasteiger charge is -2.21. The number of nitriles is 1. The van der Waals surface area contributed by atoms with Crippen LogP contribution in [0, 0.1) is 11.3 Å². The molecule has 226 valence electrons. The number of nitrogens with zero attached hydrogens (tertiary/aromatic N) is 4. The van der Waals surface area contributed by atoms with Crippen LogP contribution in [0.15, 0.2) is 146 Å². The third-order valence-electron chi connectivity index (χ3n) is 9.82. The van der Waals surface area contributed by atoms with Crippen molar-refractivity contribution in [3.05, 3.63) is 162 Å². The summed E-state index contributed by atoms with van der Waals surface area (Å²) in [5.41, 5.74) is 13.7. The number of hydrogen-bond acceptors (Lipinski definition) is 3. The van der Waals surface area contributed by atoms with E-state index in [9.17, 15) is 5.26 Å². The molecule has 0 bridgehead atoms. The first kappa shape index (κ1) is 28.0. The van der Waals surface area contributed by atoms with Crippen LogP contribution < -0.4 is 0 Å². The van der Waals surface area contributed by atoms with Gasteiger partial charge in [-0.2, -0.15) is 5.26 Å². The summed E-state index contributed by atoms with van der Waals surface area (Å²) >= 11 is 0. The van der Waals surface area contributed by atoms with Crippen molar-refractivity contribution in [2.45, 2.75) is 19.3 Å². The molecule has 2 aromatic heterocycles. The first-order chi connectivity index (χ1) is 23.5. The van der Waals surface area contributed by atoms with Gasteiger partial charge in [0, 0.05) is 38.6 Å². The van der Waals surface area contributed by atoms with Gasteiger partial charge in [0.15, 0.2) is 5.82 Å². The standard InChI is InChI=1S/C44H30N4/c1-44(2)37-20-8-6-18-33(37)35-25-42-36(24-38(35)44)34-19-7-9-21-41(34)48(42)32-17-11-16-31(23-32)43-46-39(29-13-4-3-5-14-29)26-40(47-43)30-15-10-12-28(22-30)27-45/h3-26H,1-2H3. The molecule has 0 N–H and O–H groups in total. The Balaban J connectivity index is 1.26. The maximum Gasteiger partial charge on any atom is 0.160 e. The Morgan fingerprint density at radius 1 is 0.542 bits per heavy atom. The van der Waals surface area contributed by atoms with Gasteiger partial charge in [-0.3, -0.25) is 0 Å². The van der Waals surface area contributed by atoms with Gasteiger partial charge in [0.1, 0.15) is 0 Å². The van der Waals surface area contributed by atoms with E-state index in [4.69, 9.17) is 9.97 Å². The number of hydrogen-bond donors (Lipinski definition) is 0. The Bertz CT molecular complexity index is 2600. The summed E-state index contributed by atoms with van der Waals surface area (Å²) in [7, 11) is 0. The fourth-order valence-corrected chi connectivity index (χ4v) is 7.45. The molecule has 0 fully saturated rings. The van der Waals surface area contributed by atoms with Gasteiger partial charge in [-0.1, -0.05) is 111 Å². The van der Waals surface area contributed by atoms with Crippen molar-refractivity contribution in [1.29, 1.82) is 5.26 Å². The smallest absolute Gasteiger partial charge is 0.160 e. The summed E-state index contributed by atoms with van der Waals surface area (Å²) in [6, 6.07) is 52.8. The molecule has 8 aromatic rings. The maximum atomic E-state index is 9.59. The summed E-state index contributed by atoms with van der Waals surface area (Å²) in [4.78, 5) is 10.2. The van der Waals surface area contributed by atoms with Gasteiger partial charge in [-0.25, -0.2) is 9.97 Å². The summed E-state index contributed by atoms with van der Waals surface area (Å²) in [6.45, 7) is 4.67. The SMILES string of the molecule is CC1(C)c2ccccc2-c2cc3c(cc21)c1ccccc1n3-c1cccc(-c2nc(-c3ccccc3)cc(-c3cccc(C#N)c3)n2)c1. The van der Waals surface area contributed by atoms with Crippen LogP contribution in [0.4, 0.5) is 0 Å². The molecule has 0 radical (unpaired) electrons. The molecule has 0 aliphatic heterocycles. The topological polar surface area (TPSA) is 54.5 Å². The highest BCUT2D eigenvalue weighted by Crippen LogP contribution is 2.51. The predicted molar refractivity (Wildman–Crippen MR) is 195 cm³/mol. The molecular weight excluding hydrogens is 585 g/mol. The number of rotatable bonds is 4. The Labute approximate surface area is 279 Å². The van der Waals surface area contributed by atoms with Gasteiger partial charge in [-0.05, 0) is 70.8 Å². The summed E-state index contributed by atoms with van der Waals surface area (Å²) in [5.74, 6) is 0.632. The predicted octanol–water partition coefficient (Wildman–Crippen LogP) is 10.8. The largest absolute Gasteiger partial charge is 0.309 e. The number of benzene rings is 6. The minimum atomic E-state index is -0.0746. The highest BCUT2D eigenvalue weighted by Gasteiger charge is 2.36. The Kier molecular flexibility index (Phi) is 6.19. The van der Waals surface area contributed by atoms with Crippen LogP contribution >= 0.6 is 0 Å². The first-order valence-electron chi connectivity index (χ1n) is 16.2. The summed E-state index contributed by atoms with van der Waals surface area (Å²) in [5, 5.41) is 12.1. The van der Waals surface area contributed by atoms with Gasteiger partial charge in [0.05, 0.1) is 34.1 Å². The zero-order valence-corrected chi connectivity index (χ0v) is 26.6. The molecular formula is C44H30N4. The van der Waals surface area contributed by atoms with Crippen LogP contribution in [-0.4, -0.2) is 14.5 Å². The molecule has 0 amide bonds. The van der Waals surface area contributed by atoms with Gasteiger partial charge in [0.25, 0.3) is 0 Å². The van der Waals surface area contributed by atoms with Gasteiger partial charge >= 0.3 is 0 Å². The molecule has 0 saturated heterocycles. The lowest BCUT2D eigenvalue weighted by atomic mass is 9.82. The van der Waals surface area contributed by atoms with Crippen LogP contribution in [0.3, 0.4) is 0 Å². The van der Waals surface area contributed by atoms with E-state index < -0.39 is 0 Å². The molecule has 0 spiro atoms. The quantitative estimate of drug-likeness (QED) is 0.198. The fourth-order valence-electron chi connectivity index (χ4n) is 7.45. The molecule has 1 aliphatic carbocycles. The molecule has 48 heavy (non-hydrogen) atoms. The lowest BCUT2D eigenvalue weighted by molar-refractivity contribution is 0.661. The summed E-state index contributed by atoms with van der Waals surface area (Å²) in [6.07, 6.45) is 0. The molecule has 2 heterocycles. The fraction of sp³-hybridized carbons (Fsp3) is 0.0682. The van der Waals surface area contributed by atoms with Crippen LogP contribution in [0.5, 0.6) is 0 Å². The van der Waals surface area contributed by atoms with E-state index in [1.165, 1.54) is 38.5 Å². The van der Waals surface area contributed by atoms with E-state index in [1.807, 2.05) is 48.5 Å². The molecule has 4 heteroatoms. The molecule has 0 saturated carbocycles. The number of fused-ring (bicyclic) bond motifs is 6. The van der Waals surface area contributed by atoms with Crippen LogP contribution in [0.1, 0.15) is 30.5 Å². The molecule has 4 nitrogen and oxygen atoms in total. The highest BCUT2D eigenvalue weighted by molar-refractivity contribution is 6.11. The minimum absolute atomic E-state index is 0.0746. The van der Waals surface area contributed by atoms with E-state index >= 15 is 0 Å². The van der Waals surface area contributed by atoms with Gasteiger partial charge in [-0.15, -0.1) is 0 Å². The zero-order valence-electron chi connectivity index (χ0n) is 26.6. The third kappa shape index (κ3) is 4.29. The molecule has 0 atom stereocenters. The second kappa shape index (κ2) is 10.6. The van der Waals surface area contributed by atoms with Gasteiger partial charge < -0.3 is 4.57 Å². The summed E-state index contributed by atoms with van der Waals surface area (Å²) < 4.78 is 2.38. The lowest BCUT2D eigenvalue weighted by Crippen LogP contribution is -2.14.